The van der Waals surface area contributed by atoms with Crippen molar-refractivity contribution in [3.8, 4) is 33.8 Å². The molecule has 3 N–H and O–H groups in total. The van der Waals surface area contributed by atoms with Crippen molar-refractivity contribution in [1.29, 1.82) is 0 Å². The molecule has 0 atom stereocenters. The van der Waals surface area contributed by atoms with Crippen LogP contribution in [0.1, 0.15) is 10.4 Å². The number of fused-ring (bicyclic) bond motifs is 2. The highest BCUT2D eigenvalue weighted by Crippen LogP contribution is 2.33. The molecule has 1 amide bonds. The van der Waals surface area contributed by atoms with E-state index in [9.17, 15) is 9.18 Å². The van der Waals surface area contributed by atoms with Gasteiger partial charge in [0.1, 0.15) is 17.0 Å². The van der Waals surface area contributed by atoms with Gasteiger partial charge in [-0.3, -0.25) is 14.9 Å². The van der Waals surface area contributed by atoms with Crippen LogP contribution >= 0.6 is 0 Å². The topological polar surface area (TPSA) is 112 Å². The first-order chi connectivity index (χ1) is 19.6. The standard InChI is InChI=1S/C31H20FN7O/c32-22-8-4-7-20(13-22)24-11-12-34-29-27(24)36-30(37-29)28-25-15-19(9-10-26(25)38-39-28)21-14-23(17-33-16-21)35-31(40)18-5-2-1-3-6-18/h1-17H,(H,35,40)(H,38,39)(H,34,36,37). The second-order valence-corrected chi connectivity index (χ2v) is 9.27. The van der Waals surface area contributed by atoms with Crippen LogP contribution in [0.25, 0.3) is 55.8 Å². The van der Waals surface area contributed by atoms with Gasteiger partial charge in [0.15, 0.2) is 11.5 Å². The number of imidazole rings is 1. The number of carbonyl (C=O) groups is 1. The maximum Gasteiger partial charge on any atom is 0.255 e. The summed E-state index contributed by atoms with van der Waals surface area (Å²) in [5.41, 5.74) is 7.04. The minimum atomic E-state index is -0.317. The van der Waals surface area contributed by atoms with Crippen LogP contribution in [0.15, 0.2) is 104 Å². The monoisotopic (exact) mass is 525 g/mol. The minimum Gasteiger partial charge on any atom is -0.321 e. The normalized spacial score (nSPS) is 11.2. The molecule has 7 rings (SSSR count). The maximum absolute atomic E-state index is 13.9. The van der Waals surface area contributed by atoms with Gasteiger partial charge in [-0.25, -0.2) is 14.4 Å². The van der Waals surface area contributed by atoms with E-state index in [0.29, 0.717) is 39.5 Å². The summed E-state index contributed by atoms with van der Waals surface area (Å²) < 4.78 is 13.9. The summed E-state index contributed by atoms with van der Waals surface area (Å²) in [7, 11) is 0. The van der Waals surface area contributed by atoms with Gasteiger partial charge in [0.2, 0.25) is 0 Å². The van der Waals surface area contributed by atoms with Crippen LogP contribution in [0, 0.1) is 5.82 Å². The molecule has 9 heteroatoms. The lowest BCUT2D eigenvalue weighted by molar-refractivity contribution is 0.102. The molecule has 3 aromatic carbocycles. The maximum atomic E-state index is 13.9. The van der Waals surface area contributed by atoms with Crippen molar-refractivity contribution < 1.29 is 9.18 Å². The van der Waals surface area contributed by atoms with Crippen LogP contribution in [0.4, 0.5) is 10.1 Å². The number of halogens is 1. The molecule has 0 aliphatic carbocycles. The first-order valence-corrected chi connectivity index (χ1v) is 12.5. The van der Waals surface area contributed by atoms with Crippen molar-refractivity contribution >= 4 is 33.7 Å². The lowest BCUT2D eigenvalue weighted by Gasteiger charge is -2.08. The number of carbonyl (C=O) groups excluding carboxylic acids is 1. The summed E-state index contributed by atoms with van der Waals surface area (Å²) in [5.74, 6) is 0.0159. The second-order valence-electron chi connectivity index (χ2n) is 9.27. The van der Waals surface area contributed by atoms with Gasteiger partial charge in [-0.15, -0.1) is 0 Å². The predicted molar refractivity (Wildman–Crippen MR) is 152 cm³/mol. The molecule has 0 fully saturated rings. The number of rotatable bonds is 5. The van der Waals surface area contributed by atoms with Gasteiger partial charge in [-0.05, 0) is 59.7 Å². The van der Waals surface area contributed by atoms with E-state index >= 15 is 0 Å². The molecule has 0 radical (unpaired) electrons. The molecule has 0 spiro atoms. The van der Waals surface area contributed by atoms with Gasteiger partial charge in [-0.2, -0.15) is 5.10 Å². The third-order valence-corrected chi connectivity index (χ3v) is 6.67. The molecule has 192 valence electrons. The quantitative estimate of drug-likeness (QED) is 0.234. The zero-order valence-electron chi connectivity index (χ0n) is 20.9. The first kappa shape index (κ1) is 23.4. The Hall–Kier alpha value is -5.70. The van der Waals surface area contributed by atoms with E-state index < -0.39 is 0 Å². The Labute approximate surface area is 227 Å². The minimum absolute atomic E-state index is 0.205. The van der Waals surface area contributed by atoms with Gasteiger partial charge in [-0.1, -0.05) is 36.4 Å². The Morgan fingerprint density at radius 2 is 1.75 bits per heavy atom. The Bertz CT molecular complexity index is 2030. The lowest BCUT2D eigenvalue weighted by Crippen LogP contribution is -2.11. The molecule has 0 bridgehead atoms. The van der Waals surface area contributed by atoms with Crippen LogP contribution in [0.3, 0.4) is 0 Å². The highest BCUT2D eigenvalue weighted by Gasteiger charge is 2.17. The molecular formula is C31H20FN7O. The number of pyridine rings is 2. The van der Waals surface area contributed by atoms with E-state index in [0.717, 1.165) is 27.6 Å². The van der Waals surface area contributed by atoms with Gasteiger partial charge in [0.05, 0.1) is 17.4 Å². The van der Waals surface area contributed by atoms with Crippen molar-refractivity contribution in [2.45, 2.75) is 0 Å². The average Bonchev–Trinajstić information content (AvgIpc) is 3.61. The van der Waals surface area contributed by atoms with Crippen molar-refractivity contribution in [2.75, 3.05) is 5.32 Å². The number of anilines is 1. The molecule has 0 aliphatic heterocycles. The summed E-state index contributed by atoms with van der Waals surface area (Å²) >= 11 is 0. The molecule has 4 aromatic heterocycles. The van der Waals surface area contributed by atoms with Crippen LogP contribution in [0.5, 0.6) is 0 Å². The van der Waals surface area contributed by atoms with Crippen LogP contribution in [-0.2, 0) is 0 Å². The zero-order valence-corrected chi connectivity index (χ0v) is 20.9. The highest BCUT2D eigenvalue weighted by atomic mass is 19.1. The number of H-pyrrole nitrogens is 2. The lowest BCUT2D eigenvalue weighted by atomic mass is 10.0. The predicted octanol–water partition coefficient (Wildman–Crippen LogP) is 6.62. The first-order valence-electron chi connectivity index (χ1n) is 12.5. The van der Waals surface area contributed by atoms with E-state index in [-0.39, 0.29) is 11.7 Å². The molecule has 0 unspecified atom stereocenters. The third-order valence-electron chi connectivity index (χ3n) is 6.67. The van der Waals surface area contributed by atoms with Gasteiger partial charge in [0.25, 0.3) is 5.91 Å². The molecule has 8 nitrogen and oxygen atoms in total. The van der Waals surface area contributed by atoms with Gasteiger partial charge >= 0.3 is 0 Å². The SMILES string of the molecule is O=C(Nc1cncc(-c2ccc3[nH]nc(-c4nc5c(-c6cccc(F)c6)ccnc5[nH]4)c3c2)c1)c1ccccc1. The Morgan fingerprint density at radius 1 is 0.850 bits per heavy atom. The largest absolute Gasteiger partial charge is 0.321 e. The molecule has 0 aliphatic rings. The van der Waals surface area contributed by atoms with E-state index in [1.165, 1.54) is 12.1 Å². The zero-order chi connectivity index (χ0) is 27.1. The van der Waals surface area contributed by atoms with Gasteiger partial charge < -0.3 is 10.3 Å². The number of hydrogen-bond donors (Lipinski definition) is 3. The fourth-order valence-electron chi connectivity index (χ4n) is 4.74. The number of nitrogens with one attached hydrogen (secondary N) is 3. The molecule has 7 aromatic rings. The average molecular weight is 526 g/mol. The summed E-state index contributed by atoms with van der Waals surface area (Å²) in [4.78, 5) is 29.5. The smallest absolute Gasteiger partial charge is 0.255 e. The van der Waals surface area contributed by atoms with E-state index in [4.69, 9.17) is 4.98 Å². The molecule has 0 saturated carbocycles. The summed E-state index contributed by atoms with van der Waals surface area (Å²) in [6, 6.07) is 25.0. The summed E-state index contributed by atoms with van der Waals surface area (Å²) in [6.07, 6.45) is 5.03. The van der Waals surface area contributed by atoms with E-state index in [1.54, 1.807) is 36.8 Å². The third kappa shape index (κ3) is 4.25. The molecular weight excluding hydrogens is 505 g/mol. The highest BCUT2D eigenvalue weighted by molar-refractivity contribution is 6.04. The van der Waals surface area contributed by atoms with Crippen LogP contribution in [0.2, 0.25) is 0 Å². The molecule has 0 saturated heterocycles. The number of aromatic amines is 2. The summed E-state index contributed by atoms with van der Waals surface area (Å²) in [5, 5.41) is 11.3. The number of aromatic nitrogens is 6. The van der Waals surface area contributed by atoms with E-state index in [1.807, 2.05) is 54.6 Å². The van der Waals surface area contributed by atoms with Crippen molar-refractivity contribution in [2.24, 2.45) is 0 Å². The fourth-order valence-corrected chi connectivity index (χ4v) is 4.74. The Kier molecular flexibility index (Phi) is 5.59. The number of amides is 1. The van der Waals surface area contributed by atoms with Crippen molar-refractivity contribution in [3.05, 3.63) is 115 Å². The Balaban J connectivity index is 1.25. The number of hydrogen-bond acceptors (Lipinski definition) is 5. The van der Waals surface area contributed by atoms with Crippen LogP contribution < -0.4 is 5.32 Å². The number of benzene rings is 3. The summed E-state index contributed by atoms with van der Waals surface area (Å²) in [6.45, 7) is 0. The Morgan fingerprint density at radius 3 is 2.62 bits per heavy atom. The van der Waals surface area contributed by atoms with E-state index in [2.05, 4.69) is 30.5 Å². The number of nitrogens with zero attached hydrogens (tertiary/aromatic N) is 4. The van der Waals surface area contributed by atoms with Crippen LogP contribution in [-0.4, -0.2) is 36.0 Å². The molecule has 40 heavy (non-hydrogen) atoms. The fraction of sp³-hybridized carbons (Fsp3) is 0. The van der Waals surface area contributed by atoms with Crippen molar-refractivity contribution in [3.63, 3.8) is 0 Å². The van der Waals surface area contributed by atoms with Crippen molar-refractivity contribution in [1.82, 2.24) is 30.1 Å². The second kappa shape index (κ2) is 9.55. The van der Waals surface area contributed by atoms with Gasteiger partial charge in [0, 0.05) is 34.5 Å². The molecule has 4 heterocycles.